The van der Waals surface area contributed by atoms with Crippen LogP contribution in [-0.4, -0.2) is 29.4 Å². The number of ether oxygens (including phenoxy) is 1. The topological polar surface area (TPSA) is 93.5 Å². The van der Waals surface area contributed by atoms with Crippen LogP contribution in [0.3, 0.4) is 0 Å². The number of carbonyl (C=O) groups excluding carboxylic acids is 1. The summed E-state index contributed by atoms with van der Waals surface area (Å²) in [4.78, 5) is 16.3. The maximum absolute atomic E-state index is 12.2. The minimum atomic E-state index is -0.556. The number of hydrogen-bond donors (Lipinski definition) is 1. The molecule has 1 fully saturated rings. The number of aromatic nitrogens is 1. The number of anilines is 1. The maximum atomic E-state index is 12.2. The van der Waals surface area contributed by atoms with Crippen molar-refractivity contribution < 1.29 is 18.8 Å². The number of rotatable bonds is 4. The van der Waals surface area contributed by atoms with Gasteiger partial charge in [0.25, 0.3) is 0 Å². The van der Waals surface area contributed by atoms with Gasteiger partial charge in [0, 0.05) is 5.69 Å². The number of thiazole rings is 1. The summed E-state index contributed by atoms with van der Waals surface area (Å²) in [5.74, 6) is 0. The minimum Gasteiger partial charge on any atom is -0.444 e. The molecule has 0 atom stereocenters. The van der Waals surface area contributed by atoms with E-state index in [9.17, 15) is 4.79 Å². The second-order valence-electron chi connectivity index (χ2n) is 8.34. The highest BCUT2D eigenvalue weighted by atomic mass is 32.1. The molecule has 4 rings (SSSR count). The largest absolute Gasteiger partial charge is 0.494 e. The molecule has 0 saturated carbocycles. The number of benzene rings is 2. The van der Waals surface area contributed by atoms with Crippen molar-refractivity contribution in [2.75, 3.05) is 5.32 Å². The highest BCUT2D eigenvalue weighted by molar-refractivity contribution is 7.19. The summed E-state index contributed by atoms with van der Waals surface area (Å²) < 4.78 is 18.3. The van der Waals surface area contributed by atoms with Crippen LogP contribution >= 0.6 is 11.3 Å². The van der Waals surface area contributed by atoms with Crippen molar-refractivity contribution in [3.63, 3.8) is 0 Å². The Hall–Kier alpha value is -2.93. The molecule has 2 heterocycles. The Labute approximate surface area is 185 Å². The molecule has 1 aliphatic heterocycles. The molecule has 0 unspecified atom stereocenters. The molecule has 0 bridgehead atoms. The van der Waals surface area contributed by atoms with E-state index in [1.54, 1.807) is 18.2 Å². The highest BCUT2D eigenvalue weighted by Crippen LogP contribution is 2.36. The van der Waals surface area contributed by atoms with Crippen molar-refractivity contribution >= 4 is 45.9 Å². The summed E-state index contributed by atoms with van der Waals surface area (Å²) in [5, 5.41) is 12.0. The standard InChI is InChI=1S/C22H22BN3O4S/c1-21(2)22(3,4)30-23(29-21)15-7-5-14(6-8-15)13-28-20(27)25-16-9-10-17-18(11-16)31-19(12-24)26-17/h5-11H,13H2,1-4H3,(H,25,27). The van der Waals surface area contributed by atoms with Gasteiger partial charge in [-0.15, -0.1) is 11.3 Å². The maximum Gasteiger partial charge on any atom is 0.494 e. The number of fused-ring (bicyclic) bond motifs is 1. The first-order valence-electron chi connectivity index (χ1n) is 9.86. The quantitative estimate of drug-likeness (QED) is 0.617. The van der Waals surface area contributed by atoms with Crippen molar-refractivity contribution in [1.82, 2.24) is 4.98 Å². The van der Waals surface area contributed by atoms with Gasteiger partial charge in [0.15, 0.2) is 5.01 Å². The molecular formula is C22H22BN3O4S. The number of nitriles is 1. The molecule has 0 radical (unpaired) electrons. The molecule has 1 saturated heterocycles. The first kappa shape index (κ1) is 21.3. The van der Waals surface area contributed by atoms with E-state index in [4.69, 9.17) is 19.3 Å². The van der Waals surface area contributed by atoms with Gasteiger partial charge in [-0.2, -0.15) is 5.26 Å². The summed E-state index contributed by atoms with van der Waals surface area (Å²) in [5.41, 5.74) is 2.30. The fraction of sp³-hybridized carbons (Fsp3) is 0.318. The van der Waals surface area contributed by atoms with E-state index >= 15 is 0 Å². The zero-order chi connectivity index (χ0) is 22.2. The smallest absolute Gasteiger partial charge is 0.444 e. The third kappa shape index (κ3) is 4.42. The van der Waals surface area contributed by atoms with Crippen molar-refractivity contribution in [2.45, 2.75) is 45.5 Å². The zero-order valence-corrected chi connectivity index (χ0v) is 18.6. The molecular weight excluding hydrogens is 413 g/mol. The molecule has 1 aromatic heterocycles. The Morgan fingerprint density at radius 1 is 1.16 bits per heavy atom. The summed E-state index contributed by atoms with van der Waals surface area (Å²) in [6.45, 7) is 8.20. The van der Waals surface area contributed by atoms with Gasteiger partial charge >= 0.3 is 13.2 Å². The number of nitrogens with zero attached hydrogens (tertiary/aromatic N) is 2. The molecule has 9 heteroatoms. The van der Waals surface area contributed by atoms with Gasteiger partial charge in [-0.25, -0.2) is 9.78 Å². The van der Waals surface area contributed by atoms with E-state index in [0.717, 1.165) is 21.2 Å². The van der Waals surface area contributed by atoms with Crippen LogP contribution in [0, 0.1) is 11.3 Å². The van der Waals surface area contributed by atoms with Crippen molar-refractivity contribution in [1.29, 1.82) is 5.26 Å². The van der Waals surface area contributed by atoms with Gasteiger partial charge < -0.3 is 14.0 Å². The third-order valence-electron chi connectivity index (χ3n) is 5.61. The molecule has 1 N–H and O–H groups in total. The van der Waals surface area contributed by atoms with Crippen LogP contribution < -0.4 is 10.8 Å². The average molecular weight is 435 g/mol. The Balaban J connectivity index is 1.33. The predicted octanol–water partition coefficient (Wildman–Crippen LogP) is 4.22. The van der Waals surface area contributed by atoms with E-state index in [1.165, 1.54) is 11.3 Å². The molecule has 0 spiro atoms. The van der Waals surface area contributed by atoms with E-state index < -0.39 is 24.4 Å². The van der Waals surface area contributed by atoms with E-state index in [2.05, 4.69) is 10.3 Å². The Bertz CT molecular complexity index is 1150. The van der Waals surface area contributed by atoms with Crippen molar-refractivity contribution in [3.8, 4) is 6.07 Å². The minimum absolute atomic E-state index is 0.136. The van der Waals surface area contributed by atoms with Crippen LogP contribution in [0.25, 0.3) is 10.2 Å². The van der Waals surface area contributed by atoms with E-state index in [-0.39, 0.29) is 6.61 Å². The number of hydrogen-bond acceptors (Lipinski definition) is 7. The Kier molecular flexibility index (Phi) is 5.48. The fourth-order valence-electron chi connectivity index (χ4n) is 3.10. The number of amides is 1. The molecule has 7 nitrogen and oxygen atoms in total. The molecule has 31 heavy (non-hydrogen) atoms. The van der Waals surface area contributed by atoms with E-state index in [0.29, 0.717) is 10.7 Å². The lowest BCUT2D eigenvalue weighted by Crippen LogP contribution is -2.41. The lowest BCUT2D eigenvalue weighted by Gasteiger charge is -2.32. The van der Waals surface area contributed by atoms with Crippen LogP contribution in [0.4, 0.5) is 10.5 Å². The SMILES string of the molecule is CC1(C)OB(c2ccc(COC(=O)Nc3ccc4nc(C#N)sc4c3)cc2)OC1(C)C. The third-order valence-corrected chi connectivity index (χ3v) is 6.53. The lowest BCUT2D eigenvalue weighted by molar-refractivity contribution is 0.00578. The van der Waals surface area contributed by atoms with Gasteiger partial charge in [-0.05, 0) is 56.9 Å². The number of carbonyl (C=O) groups is 1. The van der Waals surface area contributed by atoms with E-state index in [1.807, 2.05) is 58.0 Å². The molecule has 158 valence electrons. The fourth-order valence-corrected chi connectivity index (χ4v) is 3.91. The summed E-state index contributed by atoms with van der Waals surface area (Å²) >= 11 is 1.28. The van der Waals surface area contributed by atoms with Crippen LogP contribution in [0.15, 0.2) is 42.5 Å². The molecule has 0 aliphatic carbocycles. The van der Waals surface area contributed by atoms with Crippen LogP contribution in [0.1, 0.15) is 38.3 Å². The van der Waals surface area contributed by atoms with Gasteiger partial charge in [0.1, 0.15) is 12.7 Å². The number of nitrogens with one attached hydrogen (secondary N) is 1. The first-order chi connectivity index (χ1) is 14.7. The van der Waals surface area contributed by atoms with Crippen LogP contribution in [0.2, 0.25) is 0 Å². The lowest BCUT2D eigenvalue weighted by atomic mass is 9.79. The molecule has 3 aromatic rings. The Morgan fingerprint density at radius 2 is 1.84 bits per heavy atom. The van der Waals surface area contributed by atoms with Crippen LogP contribution in [-0.2, 0) is 20.7 Å². The molecule has 2 aromatic carbocycles. The second kappa shape index (κ2) is 7.96. The highest BCUT2D eigenvalue weighted by Gasteiger charge is 2.51. The van der Waals surface area contributed by atoms with Gasteiger partial charge in [-0.1, -0.05) is 24.3 Å². The van der Waals surface area contributed by atoms with Gasteiger partial charge in [0.05, 0.1) is 21.4 Å². The monoisotopic (exact) mass is 435 g/mol. The summed E-state index contributed by atoms with van der Waals surface area (Å²) in [6.07, 6.45) is -0.556. The van der Waals surface area contributed by atoms with Gasteiger partial charge in [-0.3, -0.25) is 5.32 Å². The van der Waals surface area contributed by atoms with Crippen molar-refractivity contribution in [3.05, 3.63) is 53.0 Å². The average Bonchev–Trinajstić information content (AvgIpc) is 3.23. The first-order valence-corrected chi connectivity index (χ1v) is 10.7. The van der Waals surface area contributed by atoms with Crippen molar-refractivity contribution in [2.24, 2.45) is 0 Å². The van der Waals surface area contributed by atoms with Gasteiger partial charge in [0.2, 0.25) is 0 Å². The summed E-state index contributed by atoms with van der Waals surface area (Å²) in [7, 11) is -0.425. The molecule has 1 amide bonds. The van der Waals surface area contributed by atoms with Crippen LogP contribution in [0.5, 0.6) is 0 Å². The Morgan fingerprint density at radius 3 is 2.48 bits per heavy atom. The summed E-state index contributed by atoms with van der Waals surface area (Å²) in [6, 6.07) is 14.9. The zero-order valence-electron chi connectivity index (χ0n) is 17.8. The normalized spacial score (nSPS) is 16.8. The molecule has 1 aliphatic rings. The predicted molar refractivity (Wildman–Crippen MR) is 120 cm³/mol. The second-order valence-corrected chi connectivity index (χ2v) is 9.37.